The second kappa shape index (κ2) is 2.85. The van der Waals surface area contributed by atoms with E-state index in [4.69, 9.17) is 4.74 Å². The van der Waals surface area contributed by atoms with Gasteiger partial charge in [0.2, 0.25) is 0 Å². The van der Waals surface area contributed by atoms with Gasteiger partial charge in [-0.3, -0.25) is 0 Å². The Morgan fingerprint density at radius 2 is 2.07 bits per heavy atom. The molecule has 0 radical (unpaired) electrons. The maximum atomic E-state index is 13.1. The normalized spacial score (nSPS) is 17.9. The first-order valence-electron chi connectivity index (χ1n) is 4.36. The maximum Gasteiger partial charge on any atom is 0.168 e. The topological polar surface area (TPSA) is 49.7 Å². The van der Waals surface area contributed by atoms with E-state index in [0.29, 0.717) is 18.4 Å². The van der Waals surface area contributed by atoms with Gasteiger partial charge >= 0.3 is 0 Å². The van der Waals surface area contributed by atoms with E-state index in [1.807, 2.05) is 0 Å². The van der Waals surface area contributed by atoms with E-state index in [0.717, 1.165) is 6.07 Å². The molecule has 0 saturated heterocycles. The molecule has 2 rings (SSSR count). The van der Waals surface area contributed by atoms with Crippen LogP contribution in [0.3, 0.4) is 0 Å². The highest BCUT2D eigenvalue weighted by Crippen LogP contribution is 2.49. The van der Waals surface area contributed by atoms with Crippen LogP contribution in [0.25, 0.3) is 0 Å². The lowest BCUT2D eigenvalue weighted by Crippen LogP contribution is -2.05. The molecule has 0 unspecified atom stereocenters. The molecule has 0 amide bonds. The predicted molar refractivity (Wildman–Crippen MR) is 47.7 cm³/mol. The third-order valence-electron chi connectivity index (χ3n) is 2.50. The highest BCUT2D eigenvalue weighted by molar-refractivity contribution is 5.45. The summed E-state index contributed by atoms with van der Waals surface area (Å²) in [6, 6.07) is 2.31. The Hall–Kier alpha value is -1.29. The molecule has 76 valence electrons. The minimum absolute atomic E-state index is 0.0399. The van der Waals surface area contributed by atoms with Crippen molar-refractivity contribution in [3.63, 3.8) is 0 Å². The van der Waals surface area contributed by atoms with Gasteiger partial charge in [-0.15, -0.1) is 0 Å². The summed E-state index contributed by atoms with van der Waals surface area (Å²) >= 11 is 0. The van der Waals surface area contributed by atoms with Gasteiger partial charge in [-0.2, -0.15) is 0 Å². The Labute approximate surface area is 80.8 Å². The van der Waals surface area contributed by atoms with Crippen LogP contribution < -0.4 is 4.74 Å². The lowest BCUT2D eigenvalue weighted by atomic mass is 10.1. The summed E-state index contributed by atoms with van der Waals surface area (Å²) in [5.74, 6) is -0.806. The number of methoxy groups -OCH3 is 1. The first-order chi connectivity index (χ1) is 6.57. The van der Waals surface area contributed by atoms with Crippen LogP contribution >= 0.6 is 0 Å². The van der Waals surface area contributed by atoms with E-state index < -0.39 is 11.4 Å². The van der Waals surface area contributed by atoms with Crippen LogP contribution in [0.1, 0.15) is 18.4 Å². The molecule has 0 bridgehead atoms. The van der Waals surface area contributed by atoms with E-state index >= 15 is 0 Å². The summed E-state index contributed by atoms with van der Waals surface area (Å²) in [4.78, 5) is 0. The number of halogens is 1. The molecule has 0 heterocycles. The lowest BCUT2D eigenvalue weighted by molar-refractivity contribution is 0.147. The SMILES string of the molecule is COc1cc(C2(O)CC2)c(O)cc1F. The number of aromatic hydroxyl groups is 1. The fourth-order valence-electron chi connectivity index (χ4n) is 1.46. The third kappa shape index (κ3) is 1.32. The molecule has 1 aromatic rings. The second-order valence-corrected chi connectivity index (χ2v) is 3.54. The van der Waals surface area contributed by atoms with Gasteiger partial charge in [-0.25, -0.2) is 4.39 Å². The summed E-state index contributed by atoms with van der Waals surface area (Å²) in [6.07, 6.45) is 1.19. The monoisotopic (exact) mass is 198 g/mol. The van der Waals surface area contributed by atoms with Crippen LogP contribution in [-0.4, -0.2) is 17.3 Å². The second-order valence-electron chi connectivity index (χ2n) is 3.54. The van der Waals surface area contributed by atoms with Gasteiger partial charge in [-0.05, 0) is 18.9 Å². The quantitative estimate of drug-likeness (QED) is 0.757. The summed E-state index contributed by atoms with van der Waals surface area (Å²) in [6.45, 7) is 0. The number of rotatable bonds is 2. The molecule has 2 N–H and O–H groups in total. The van der Waals surface area contributed by atoms with E-state index in [-0.39, 0.29) is 11.5 Å². The molecule has 0 spiro atoms. The maximum absolute atomic E-state index is 13.1. The molecule has 1 aromatic carbocycles. The minimum Gasteiger partial charge on any atom is -0.507 e. The van der Waals surface area contributed by atoms with Crippen molar-refractivity contribution in [3.05, 3.63) is 23.5 Å². The Bertz CT molecular complexity index is 372. The van der Waals surface area contributed by atoms with Crippen LogP contribution in [-0.2, 0) is 5.60 Å². The van der Waals surface area contributed by atoms with Crippen LogP contribution in [0.2, 0.25) is 0 Å². The third-order valence-corrected chi connectivity index (χ3v) is 2.50. The molecule has 0 aliphatic heterocycles. The van der Waals surface area contributed by atoms with Gasteiger partial charge in [0, 0.05) is 11.6 Å². The van der Waals surface area contributed by atoms with Crippen molar-refractivity contribution in [1.29, 1.82) is 0 Å². The van der Waals surface area contributed by atoms with Crippen molar-refractivity contribution in [3.8, 4) is 11.5 Å². The number of hydrogen-bond acceptors (Lipinski definition) is 3. The molecular weight excluding hydrogens is 187 g/mol. The molecular formula is C10H11FO3. The Morgan fingerprint density at radius 3 is 2.57 bits per heavy atom. The molecule has 14 heavy (non-hydrogen) atoms. The van der Waals surface area contributed by atoms with Crippen LogP contribution in [0, 0.1) is 5.82 Å². The zero-order valence-corrected chi connectivity index (χ0v) is 7.75. The Kier molecular flexibility index (Phi) is 1.89. The Balaban J connectivity index is 2.50. The van der Waals surface area contributed by atoms with Crippen molar-refractivity contribution in [2.24, 2.45) is 0 Å². The molecule has 3 nitrogen and oxygen atoms in total. The van der Waals surface area contributed by atoms with Crippen molar-refractivity contribution in [2.75, 3.05) is 7.11 Å². The van der Waals surface area contributed by atoms with E-state index in [1.165, 1.54) is 13.2 Å². The van der Waals surface area contributed by atoms with Crippen molar-refractivity contribution in [2.45, 2.75) is 18.4 Å². The van der Waals surface area contributed by atoms with Gasteiger partial charge in [0.15, 0.2) is 11.6 Å². The van der Waals surface area contributed by atoms with Crippen LogP contribution in [0.15, 0.2) is 12.1 Å². The number of phenols is 1. The Morgan fingerprint density at radius 1 is 1.43 bits per heavy atom. The zero-order valence-electron chi connectivity index (χ0n) is 7.75. The van der Waals surface area contributed by atoms with Gasteiger partial charge in [-0.1, -0.05) is 0 Å². The smallest absolute Gasteiger partial charge is 0.168 e. The fraction of sp³-hybridized carbons (Fsp3) is 0.400. The standard InChI is InChI=1S/C10H11FO3/c1-14-9-4-6(10(13)2-3-10)8(12)5-7(9)11/h4-5,12-13H,2-3H2,1H3. The molecule has 0 atom stereocenters. The van der Waals surface area contributed by atoms with E-state index in [1.54, 1.807) is 0 Å². The van der Waals surface area contributed by atoms with Gasteiger partial charge < -0.3 is 14.9 Å². The number of ether oxygens (including phenoxy) is 1. The summed E-state index contributed by atoms with van der Waals surface area (Å²) in [5.41, 5.74) is -0.638. The first-order valence-corrected chi connectivity index (χ1v) is 4.36. The fourth-order valence-corrected chi connectivity index (χ4v) is 1.46. The van der Waals surface area contributed by atoms with Crippen LogP contribution in [0.4, 0.5) is 4.39 Å². The van der Waals surface area contributed by atoms with Gasteiger partial charge in [0.1, 0.15) is 5.75 Å². The largest absolute Gasteiger partial charge is 0.507 e. The highest BCUT2D eigenvalue weighted by atomic mass is 19.1. The number of phenolic OH excluding ortho intramolecular Hbond substituents is 1. The minimum atomic E-state index is -0.981. The van der Waals surface area contributed by atoms with Crippen molar-refractivity contribution < 1.29 is 19.3 Å². The summed E-state index contributed by atoms with van der Waals surface area (Å²) in [7, 11) is 1.34. The first kappa shape index (κ1) is 9.27. The molecule has 1 aliphatic carbocycles. The average molecular weight is 198 g/mol. The lowest BCUT2D eigenvalue weighted by Gasteiger charge is -2.12. The van der Waals surface area contributed by atoms with E-state index in [2.05, 4.69) is 0 Å². The molecule has 1 fully saturated rings. The summed E-state index contributed by atoms with van der Waals surface area (Å²) < 4.78 is 17.8. The summed E-state index contributed by atoms with van der Waals surface area (Å²) in [5, 5.41) is 19.2. The zero-order chi connectivity index (χ0) is 10.3. The number of benzene rings is 1. The van der Waals surface area contributed by atoms with Crippen LogP contribution in [0.5, 0.6) is 11.5 Å². The molecule has 1 saturated carbocycles. The number of aliphatic hydroxyl groups is 1. The van der Waals surface area contributed by atoms with Crippen molar-refractivity contribution in [1.82, 2.24) is 0 Å². The van der Waals surface area contributed by atoms with Crippen molar-refractivity contribution >= 4 is 0 Å². The molecule has 4 heteroatoms. The molecule has 0 aromatic heterocycles. The van der Waals surface area contributed by atoms with Gasteiger partial charge in [0.25, 0.3) is 0 Å². The van der Waals surface area contributed by atoms with Gasteiger partial charge in [0.05, 0.1) is 12.7 Å². The number of hydrogen-bond donors (Lipinski definition) is 2. The molecule has 1 aliphatic rings. The predicted octanol–water partition coefficient (Wildman–Crippen LogP) is 1.52. The average Bonchev–Trinajstić information content (AvgIpc) is 2.85. The highest BCUT2D eigenvalue weighted by Gasteiger charge is 2.44. The van der Waals surface area contributed by atoms with E-state index in [9.17, 15) is 14.6 Å².